The van der Waals surface area contributed by atoms with Gasteiger partial charge >= 0.3 is 0 Å². The molecule has 1 fully saturated rings. The number of nitrogens with zero attached hydrogens (tertiary/aromatic N) is 3. The fourth-order valence-corrected chi connectivity index (χ4v) is 3.32. The van der Waals surface area contributed by atoms with E-state index in [1.54, 1.807) is 23.6 Å². The van der Waals surface area contributed by atoms with E-state index in [2.05, 4.69) is 25.4 Å². The second-order valence-corrected chi connectivity index (χ2v) is 6.55. The zero-order chi connectivity index (χ0) is 17.1. The monoisotopic (exact) mass is 355 g/mol. The number of ether oxygens (including phenoxy) is 1. The van der Waals surface area contributed by atoms with Crippen LogP contribution in [0.1, 0.15) is 10.4 Å². The Morgan fingerprint density at radius 3 is 2.88 bits per heavy atom. The van der Waals surface area contributed by atoms with Gasteiger partial charge in [-0.05, 0) is 23.6 Å². The van der Waals surface area contributed by atoms with Crippen LogP contribution in [0.4, 0.5) is 11.6 Å². The number of pyridine rings is 1. The number of H-pyrrole nitrogens is 1. The molecule has 3 aromatic heterocycles. The van der Waals surface area contributed by atoms with Crippen molar-refractivity contribution in [3.8, 4) is 10.6 Å². The van der Waals surface area contributed by atoms with E-state index in [9.17, 15) is 4.79 Å². The summed E-state index contributed by atoms with van der Waals surface area (Å²) in [6.45, 7) is 3.04. The minimum absolute atomic E-state index is 0.231. The van der Waals surface area contributed by atoms with Crippen molar-refractivity contribution >= 4 is 28.9 Å². The van der Waals surface area contributed by atoms with E-state index in [0.29, 0.717) is 24.6 Å². The van der Waals surface area contributed by atoms with E-state index in [4.69, 9.17) is 4.74 Å². The molecule has 0 aromatic carbocycles. The third-order valence-corrected chi connectivity index (χ3v) is 4.85. The lowest BCUT2D eigenvalue weighted by molar-refractivity contribution is 0.102. The summed E-state index contributed by atoms with van der Waals surface area (Å²) in [7, 11) is 0. The van der Waals surface area contributed by atoms with Crippen LogP contribution in [0.3, 0.4) is 0 Å². The SMILES string of the molecule is O=C(Nc1cc(-c2cccs2)[nH]n1)c1ccc(N2CCOCC2)nc1. The summed E-state index contributed by atoms with van der Waals surface area (Å²) in [6, 6.07) is 9.43. The molecule has 8 heteroatoms. The Morgan fingerprint density at radius 2 is 2.16 bits per heavy atom. The van der Waals surface area contributed by atoms with Crippen molar-refractivity contribution in [2.45, 2.75) is 0 Å². The molecule has 0 aliphatic carbocycles. The highest BCUT2D eigenvalue weighted by molar-refractivity contribution is 7.13. The van der Waals surface area contributed by atoms with Crippen molar-refractivity contribution in [1.29, 1.82) is 0 Å². The highest BCUT2D eigenvalue weighted by Crippen LogP contribution is 2.24. The first-order valence-corrected chi connectivity index (χ1v) is 8.87. The largest absolute Gasteiger partial charge is 0.378 e. The molecule has 7 nitrogen and oxygen atoms in total. The first-order chi connectivity index (χ1) is 12.3. The topological polar surface area (TPSA) is 83.1 Å². The molecule has 128 valence electrons. The minimum Gasteiger partial charge on any atom is -0.378 e. The number of carbonyl (C=O) groups is 1. The van der Waals surface area contributed by atoms with Crippen LogP contribution < -0.4 is 10.2 Å². The summed E-state index contributed by atoms with van der Waals surface area (Å²) in [5, 5.41) is 11.8. The van der Waals surface area contributed by atoms with Crippen LogP contribution >= 0.6 is 11.3 Å². The summed E-state index contributed by atoms with van der Waals surface area (Å²) in [5.74, 6) is 1.12. The summed E-state index contributed by atoms with van der Waals surface area (Å²) in [4.78, 5) is 20.0. The van der Waals surface area contributed by atoms with Gasteiger partial charge in [0, 0.05) is 25.4 Å². The second kappa shape index (κ2) is 7.04. The third-order valence-electron chi connectivity index (χ3n) is 3.95. The van der Waals surface area contributed by atoms with Gasteiger partial charge in [-0.2, -0.15) is 5.10 Å². The predicted molar refractivity (Wildman–Crippen MR) is 97.1 cm³/mol. The molecule has 0 bridgehead atoms. The summed E-state index contributed by atoms with van der Waals surface area (Å²) in [5.41, 5.74) is 1.38. The lowest BCUT2D eigenvalue weighted by Gasteiger charge is -2.27. The van der Waals surface area contributed by atoms with Crippen molar-refractivity contribution in [1.82, 2.24) is 15.2 Å². The zero-order valence-electron chi connectivity index (χ0n) is 13.4. The van der Waals surface area contributed by atoms with Crippen molar-refractivity contribution in [3.05, 3.63) is 47.5 Å². The van der Waals surface area contributed by atoms with Gasteiger partial charge in [-0.3, -0.25) is 9.89 Å². The van der Waals surface area contributed by atoms with Gasteiger partial charge in [-0.25, -0.2) is 4.98 Å². The molecule has 0 saturated carbocycles. The maximum Gasteiger partial charge on any atom is 0.258 e. The van der Waals surface area contributed by atoms with Crippen LogP contribution in [0.15, 0.2) is 41.9 Å². The first kappa shape index (κ1) is 15.8. The Bertz CT molecular complexity index is 838. The van der Waals surface area contributed by atoms with Gasteiger partial charge in [0.25, 0.3) is 5.91 Å². The van der Waals surface area contributed by atoms with Crippen molar-refractivity contribution in [2.75, 3.05) is 36.5 Å². The molecule has 1 saturated heterocycles. The van der Waals surface area contributed by atoms with Gasteiger partial charge in [-0.15, -0.1) is 11.3 Å². The Kier molecular flexibility index (Phi) is 4.45. The van der Waals surface area contributed by atoms with Crippen molar-refractivity contribution in [2.24, 2.45) is 0 Å². The number of nitrogens with one attached hydrogen (secondary N) is 2. The minimum atomic E-state index is -0.231. The number of hydrogen-bond acceptors (Lipinski definition) is 6. The normalized spacial score (nSPS) is 14.5. The lowest BCUT2D eigenvalue weighted by Crippen LogP contribution is -2.36. The second-order valence-electron chi connectivity index (χ2n) is 5.60. The average Bonchev–Trinajstić information content (AvgIpc) is 3.34. The summed E-state index contributed by atoms with van der Waals surface area (Å²) < 4.78 is 5.34. The molecule has 0 spiro atoms. The Hall–Kier alpha value is -2.71. The number of rotatable bonds is 4. The van der Waals surface area contributed by atoms with Gasteiger partial charge in [0.05, 0.1) is 29.3 Å². The maximum atomic E-state index is 12.4. The summed E-state index contributed by atoms with van der Waals surface area (Å²) in [6.07, 6.45) is 1.59. The number of carbonyl (C=O) groups excluding carboxylic acids is 1. The lowest BCUT2D eigenvalue weighted by atomic mass is 10.2. The molecule has 3 aromatic rings. The molecular weight excluding hydrogens is 338 g/mol. The van der Waals surface area contributed by atoms with Crippen LogP contribution in [0.5, 0.6) is 0 Å². The van der Waals surface area contributed by atoms with Crippen molar-refractivity contribution in [3.63, 3.8) is 0 Å². The van der Waals surface area contributed by atoms with Crippen molar-refractivity contribution < 1.29 is 9.53 Å². The zero-order valence-corrected chi connectivity index (χ0v) is 14.3. The molecule has 1 aliphatic heterocycles. The number of aromatic amines is 1. The van der Waals surface area contributed by atoms with Crippen LogP contribution in [-0.2, 0) is 4.74 Å². The van der Waals surface area contributed by atoms with Crippen LogP contribution in [0, 0.1) is 0 Å². The fourth-order valence-electron chi connectivity index (χ4n) is 2.63. The molecular formula is C17H17N5O2S. The van der Waals surface area contributed by atoms with E-state index in [1.807, 2.05) is 29.6 Å². The quantitative estimate of drug-likeness (QED) is 0.752. The number of amides is 1. The van der Waals surface area contributed by atoms with Gasteiger partial charge in [0.2, 0.25) is 0 Å². The average molecular weight is 355 g/mol. The van der Waals surface area contributed by atoms with E-state index in [1.165, 1.54) is 0 Å². The maximum absolute atomic E-state index is 12.4. The smallest absolute Gasteiger partial charge is 0.258 e. The van der Waals surface area contributed by atoms with Gasteiger partial charge in [-0.1, -0.05) is 6.07 Å². The van der Waals surface area contributed by atoms with Crippen LogP contribution in [-0.4, -0.2) is 47.4 Å². The Morgan fingerprint density at radius 1 is 1.28 bits per heavy atom. The number of anilines is 2. The standard InChI is InChI=1S/C17H17N5O2S/c23-17(19-15-10-13(20-21-15)14-2-1-9-25-14)12-3-4-16(18-11-12)22-5-7-24-8-6-22/h1-4,9-11H,5-8H2,(H2,19,20,21,23). The first-order valence-electron chi connectivity index (χ1n) is 7.99. The molecule has 1 aliphatic rings. The highest BCUT2D eigenvalue weighted by Gasteiger charge is 2.14. The fraction of sp³-hybridized carbons (Fsp3) is 0.235. The van der Waals surface area contributed by atoms with Gasteiger partial charge < -0.3 is 15.0 Å². The molecule has 4 heterocycles. The number of thiophene rings is 1. The molecule has 0 atom stereocenters. The molecule has 1 amide bonds. The van der Waals surface area contributed by atoms with E-state index >= 15 is 0 Å². The van der Waals surface area contributed by atoms with Crippen LogP contribution in [0.2, 0.25) is 0 Å². The molecule has 0 unspecified atom stereocenters. The van der Waals surface area contributed by atoms with E-state index < -0.39 is 0 Å². The number of hydrogen-bond donors (Lipinski definition) is 2. The molecule has 25 heavy (non-hydrogen) atoms. The molecule has 4 rings (SSSR count). The number of aromatic nitrogens is 3. The summed E-state index contributed by atoms with van der Waals surface area (Å²) >= 11 is 1.61. The highest BCUT2D eigenvalue weighted by atomic mass is 32.1. The van der Waals surface area contributed by atoms with Gasteiger partial charge in [0.15, 0.2) is 5.82 Å². The molecule has 0 radical (unpaired) electrons. The molecule has 2 N–H and O–H groups in total. The third kappa shape index (κ3) is 3.54. The van der Waals surface area contributed by atoms with E-state index in [0.717, 1.165) is 29.5 Å². The Labute approximate surface area is 148 Å². The number of morpholine rings is 1. The van der Waals surface area contributed by atoms with Crippen LogP contribution in [0.25, 0.3) is 10.6 Å². The Balaban J connectivity index is 1.42. The predicted octanol–water partition coefficient (Wildman–Crippen LogP) is 2.62. The van der Waals surface area contributed by atoms with Gasteiger partial charge in [0.1, 0.15) is 5.82 Å². The van der Waals surface area contributed by atoms with E-state index in [-0.39, 0.29) is 5.91 Å².